The SMILES string of the molecule is C=CCCCCCCCCCCC=CC(C)(C)CCCCCC. The molecule has 0 nitrogen and oxygen atoms in total. The fourth-order valence-corrected chi connectivity index (χ4v) is 3.10. The van der Waals surface area contributed by atoms with Crippen molar-refractivity contribution in [2.45, 2.75) is 117 Å². The molecule has 0 spiro atoms. The van der Waals surface area contributed by atoms with Gasteiger partial charge in [0.15, 0.2) is 0 Å². The lowest BCUT2D eigenvalue weighted by Crippen LogP contribution is -2.06. The average Bonchev–Trinajstić information content (AvgIpc) is 2.52. The van der Waals surface area contributed by atoms with Crippen LogP contribution in [0.3, 0.4) is 0 Å². The van der Waals surface area contributed by atoms with Gasteiger partial charge in [-0.3, -0.25) is 0 Å². The molecule has 0 N–H and O–H groups in total. The van der Waals surface area contributed by atoms with Crippen LogP contribution in [-0.4, -0.2) is 0 Å². The van der Waals surface area contributed by atoms with Gasteiger partial charge in [0, 0.05) is 0 Å². The van der Waals surface area contributed by atoms with Crippen LogP contribution >= 0.6 is 0 Å². The highest BCUT2D eigenvalue weighted by molar-refractivity contribution is 4.94. The third kappa shape index (κ3) is 17.7. The maximum Gasteiger partial charge on any atom is -0.0175 e. The van der Waals surface area contributed by atoms with E-state index in [0.29, 0.717) is 5.41 Å². The number of allylic oxidation sites excluding steroid dienone is 3. The normalized spacial score (nSPS) is 12.1. The van der Waals surface area contributed by atoms with Crippen LogP contribution in [-0.2, 0) is 0 Å². The van der Waals surface area contributed by atoms with E-state index in [9.17, 15) is 0 Å². The highest BCUT2D eigenvalue weighted by Crippen LogP contribution is 2.26. The maximum atomic E-state index is 3.77. The molecule has 0 heteroatoms. The Morgan fingerprint density at radius 2 is 1.22 bits per heavy atom. The van der Waals surface area contributed by atoms with Crippen molar-refractivity contribution in [3.05, 3.63) is 24.8 Å². The van der Waals surface area contributed by atoms with Gasteiger partial charge in [0.2, 0.25) is 0 Å². The van der Waals surface area contributed by atoms with Gasteiger partial charge in [0.25, 0.3) is 0 Å². The summed E-state index contributed by atoms with van der Waals surface area (Å²) in [5.74, 6) is 0. The lowest BCUT2D eigenvalue weighted by atomic mass is 9.86. The van der Waals surface area contributed by atoms with Crippen molar-refractivity contribution in [3.63, 3.8) is 0 Å². The Labute approximate surface area is 147 Å². The standard InChI is InChI=1S/C23H44/c1-5-7-9-11-12-13-14-15-16-17-18-20-22-23(3,4)21-19-10-8-6-2/h5,20,22H,1,6-19,21H2,2-4H3. The minimum Gasteiger partial charge on any atom is -0.103 e. The molecule has 0 fully saturated rings. The second-order valence-electron chi connectivity index (χ2n) is 7.90. The van der Waals surface area contributed by atoms with Gasteiger partial charge in [-0.2, -0.15) is 0 Å². The highest BCUT2D eigenvalue weighted by Gasteiger charge is 2.12. The summed E-state index contributed by atoms with van der Waals surface area (Å²) in [5, 5.41) is 0. The molecule has 0 aliphatic carbocycles. The quantitative estimate of drug-likeness (QED) is 0.186. The van der Waals surface area contributed by atoms with E-state index in [1.807, 2.05) is 6.08 Å². The molecule has 0 saturated heterocycles. The van der Waals surface area contributed by atoms with E-state index in [2.05, 4.69) is 39.5 Å². The van der Waals surface area contributed by atoms with Crippen LogP contribution in [0.5, 0.6) is 0 Å². The number of hydrogen-bond donors (Lipinski definition) is 0. The van der Waals surface area contributed by atoms with Crippen molar-refractivity contribution in [3.8, 4) is 0 Å². The van der Waals surface area contributed by atoms with Crippen molar-refractivity contribution < 1.29 is 0 Å². The van der Waals surface area contributed by atoms with Crippen LogP contribution in [0.25, 0.3) is 0 Å². The monoisotopic (exact) mass is 320 g/mol. The lowest BCUT2D eigenvalue weighted by molar-refractivity contribution is 0.408. The Morgan fingerprint density at radius 3 is 1.78 bits per heavy atom. The van der Waals surface area contributed by atoms with Crippen LogP contribution in [0.4, 0.5) is 0 Å². The van der Waals surface area contributed by atoms with Gasteiger partial charge in [0.1, 0.15) is 0 Å². The topological polar surface area (TPSA) is 0 Å². The molecule has 0 aromatic heterocycles. The molecule has 0 heterocycles. The van der Waals surface area contributed by atoms with Crippen LogP contribution < -0.4 is 0 Å². The van der Waals surface area contributed by atoms with E-state index in [4.69, 9.17) is 0 Å². The minimum atomic E-state index is 0.402. The van der Waals surface area contributed by atoms with Crippen LogP contribution in [0.15, 0.2) is 24.8 Å². The molecule has 136 valence electrons. The van der Waals surface area contributed by atoms with Crippen molar-refractivity contribution >= 4 is 0 Å². The van der Waals surface area contributed by atoms with Gasteiger partial charge in [-0.25, -0.2) is 0 Å². The Kier molecular flexibility index (Phi) is 16.0. The van der Waals surface area contributed by atoms with E-state index in [0.717, 1.165) is 0 Å². The molecule has 0 aliphatic heterocycles. The second kappa shape index (κ2) is 16.3. The third-order valence-corrected chi connectivity index (χ3v) is 4.77. The summed E-state index contributed by atoms with van der Waals surface area (Å²) in [6.45, 7) is 10.8. The molecule has 0 saturated carbocycles. The zero-order valence-corrected chi connectivity index (χ0v) is 16.5. The Morgan fingerprint density at radius 1 is 0.696 bits per heavy atom. The molecule has 0 unspecified atom stereocenters. The van der Waals surface area contributed by atoms with Crippen LogP contribution in [0.2, 0.25) is 0 Å². The lowest BCUT2D eigenvalue weighted by Gasteiger charge is -2.20. The molecule has 0 aliphatic rings. The Bertz CT molecular complexity index is 272. The fraction of sp³-hybridized carbons (Fsp3) is 0.826. The fourth-order valence-electron chi connectivity index (χ4n) is 3.10. The predicted molar refractivity (Wildman–Crippen MR) is 108 cm³/mol. The summed E-state index contributed by atoms with van der Waals surface area (Å²) in [6.07, 6.45) is 27.5. The van der Waals surface area contributed by atoms with Crippen molar-refractivity contribution in [1.29, 1.82) is 0 Å². The summed E-state index contributed by atoms with van der Waals surface area (Å²) < 4.78 is 0. The number of rotatable bonds is 17. The first-order valence-electron chi connectivity index (χ1n) is 10.4. The van der Waals surface area contributed by atoms with Gasteiger partial charge in [-0.15, -0.1) is 6.58 Å². The molecule has 0 aromatic rings. The van der Waals surface area contributed by atoms with Crippen molar-refractivity contribution in [2.24, 2.45) is 5.41 Å². The molecule has 0 atom stereocenters. The van der Waals surface area contributed by atoms with E-state index < -0.39 is 0 Å². The van der Waals surface area contributed by atoms with Gasteiger partial charge in [0.05, 0.1) is 0 Å². The molecular formula is C23H44. The summed E-state index contributed by atoms with van der Waals surface area (Å²) in [4.78, 5) is 0. The average molecular weight is 321 g/mol. The van der Waals surface area contributed by atoms with Crippen LogP contribution in [0.1, 0.15) is 117 Å². The van der Waals surface area contributed by atoms with Crippen molar-refractivity contribution in [1.82, 2.24) is 0 Å². The summed E-state index contributed by atoms with van der Waals surface area (Å²) >= 11 is 0. The van der Waals surface area contributed by atoms with E-state index in [1.54, 1.807) is 0 Å². The van der Waals surface area contributed by atoms with Gasteiger partial charge < -0.3 is 0 Å². The summed E-state index contributed by atoms with van der Waals surface area (Å²) in [5.41, 5.74) is 0.402. The summed E-state index contributed by atoms with van der Waals surface area (Å²) in [7, 11) is 0. The van der Waals surface area contributed by atoms with Gasteiger partial charge in [-0.05, 0) is 37.5 Å². The molecule has 0 amide bonds. The smallest absolute Gasteiger partial charge is 0.0175 e. The molecule has 0 rings (SSSR count). The Balaban J connectivity index is 3.39. The molecular weight excluding hydrogens is 276 g/mol. The molecule has 23 heavy (non-hydrogen) atoms. The van der Waals surface area contributed by atoms with E-state index in [1.165, 1.54) is 96.3 Å². The van der Waals surface area contributed by atoms with E-state index >= 15 is 0 Å². The van der Waals surface area contributed by atoms with Crippen LogP contribution in [0, 0.1) is 5.41 Å². The summed E-state index contributed by atoms with van der Waals surface area (Å²) in [6, 6.07) is 0. The molecule has 0 radical (unpaired) electrons. The van der Waals surface area contributed by atoms with Crippen molar-refractivity contribution in [2.75, 3.05) is 0 Å². The molecule has 0 bridgehead atoms. The second-order valence-corrected chi connectivity index (χ2v) is 7.90. The first-order valence-corrected chi connectivity index (χ1v) is 10.4. The van der Waals surface area contributed by atoms with Gasteiger partial charge >= 0.3 is 0 Å². The predicted octanol–water partition coefficient (Wildman–Crippen LogP) is 8.63. The third-order valence-electron chi connectivity index (χ3n) is 4.77. The minimum absolute atomic E-state index is 0.402. The number of hydrogen-bond acceptors (Lipinski definition) is 0. The largest absolute Gasteiger partial charge is 0.103 e. The zero-order chi connectivity index (χ0) is 17.2. The first kappa shape index (κ1) is 22.5. The zero-order valence-electron chi connectivity index (χ0n) is 16.5. The van der Waals surface area contributed by atoms with E-state index in [-0.39, 0.29) is 0 Å². The maximum absolute atomic E-state index is 3.77. The highest BCUT2D eigenvalue weighted by atomic mass is 14.2. The molecule has 0 aromatic carbocycles. The van der Waals surface area contributed by atoms with Gasteiger partial charge in [-0.1, -0.05) is 103 Å². The first-order chi connectivity index (χ1) is 11.1. The Hall–Kier alpha value is -0.520. The number of unbranched alkanes of at least 4 members (excludes halogenated alkanes) is 12.